The second kappa shape index (κ2) is 6.69. The highest BCUT2D eigenvalue weighted by atomic mass is 16.6. The van der Waals surface area contributed by atoms with Crippen LogP contribution < -0.4 is 15.8 Å². The number of benzene rings is 1. The molecule has 19 heavy (non-hydrogen) atoms. The van der Waals surface area contributed by atoms with E-state index >= 15 is 0 Å². The third kappa shape index (κ3) is 4.22. The first kappa shape index (κ1) is 14.9. The number of nitrogens with two attached hydrogens (primary N) is 1. The van der Waals surface area contributed by atoms with Crippen LogP contribution in [0.15, 0.2) is 18.2 Å². The molecule has 0 heterocycles. The Balaban J connectivity index is 2.70. The van der Waals surface area contributed by atoms with Gasteiger partial charge in [0.05, 0.1) is 4.92 Å². The van der Waals surface area contributed by atoms with Crippen LogP contribution >= 0.6 is 0 Å². The number of likely N-dealkylation sites (N-methyl/N-ethyl adjacent to an activating group) is 1. The van der Waals surface area contributed by atoms with E-state index in [1.165, 1.54) is 12.1 Å². The topological polar surface area (TPSA) is 107 Å². The fraction of sp³-hybridized carbons (Fsp3) is 0.417. The first-order valence-corrected chi connectivity index (χ1v) is 5.86. The average molecular weight is 267 g/mol. The number of hydrogen-bond donors (Lipinski definition) is 2. The molecule has 0 saturated heterocycles. The summed E-state index contributed by atoms with van der Waals surface area (Å²) in [5.74, 6) is -0.0345. The summed E-state index contributed by atoms with van der Waals surface area (Å²) < 4.78 is 5.41. The summed E-state index contributed by atoms with van der Waals surface area (Å²) in [7, 11) is 0. The Bertz CT molecular complexity index is 476. The van der Waals surface area contributed by atoms with Gasteiger partial charge in [-0.3, -0.25) is 14.9 Å². The molecule has 0 bridgehead atoms. The summed E-state index contributed by atoms with van der Waals surface area (Å²) in [6.45, 7) is 4.16. The van der Waals surface area contributed by atoms with Crippen LogP contribution in [0.5, 0.6) is 5.75 Å². The second-order valence-corrected chi connectivity index (χ2v) is 4.03. The Hall–Kier alpha value is -2.15. The molecule has 1 amide bonds. The van der Waals surface area contributed by atoms with Crippen molar-refractivity contribution < 1.29 is 14.5 Å². The van der Waals surface area contributed by atoms with Gasteiger partial charge in [-0.1, -0.05) is 6.92 Å². The maximum atomic E-state index is 11.1. The Morgan fingerprint density at radius 3 is 2.74 bits per heavy atom. The van der Waals surface area contributed by atoms with Gasteiger partial charge in [-0.25, -0.2) is 0 Å². The first-order valence-electron chi connectivity index (χ1n) is 5.86. The van der Waals surface area contributed by atoms with Crippen molar-refractivity contribution in [2.24, 2.45) is 5.73 Å². The van der Waals surface area contributed by atoms with Gasteiger partial charge in [0, 0.05) is 11.6 Å². The molecule has 0 aliphatic rings. The van der Waals surface area contributed by atoms with E-state index in [1.54, 1.807) is 13.0 Å². The van der Waals surface area contributed by atoms with Crippen molar-refractivity contribution in [3.63, 3.8) is 0 Å². The highest BCUT2D eigenvalue weighted by Crippen LogP contribution is 2.23. The number of aryl methyl sites for hydroxylation is 1. The van der Waals surface area contributed by atoms with Crippen molar-refractivity contribution in [2.45, 2.75) is 19.9 Å². The number of primary amides is 1. The number of rotatable bonds is 7. The van der Waals surface area contributed by atoms with E-state index < -0.39 is 16.9 Å². The molecule has 1 unspecified atom stereocenters. The molecule has 0 fully saturated rings. The Labute approximate surface area is 110 Å². The van der Waals surface area contributed by atoms with E-state index in [2.05, 4.69) is 5.32 Å². The monoisotopic (exact) mass is 267 g/mol. The number of hydrogen-bond acceptors (Lipinski definition) is 5. The minimum Gasteiger partial charge on any atom is -0.491 e. The van der Waals surface area contributed by atoms with Crippen LogP contribution in [-0.2, 0) is 4.79 Å². The standard InChI is InChI=1S/C12H17N3O4/c1-3-14-10(12(13)16)7-19-9-4-5-11(15(17)18)8(2)6-9/h4-6,10,14H,3,7H2,1-2H3,(H2,13,16). The number of carbonyl (C=O) groups excluding carboxylic acids is 1. The lowest BCUT2D eigenvalue weighted by atomic mass is 10.2. The molecule has 0 aromatic heterocycles. The van der Waals surface area contributed by atoms with Crippen molar-refractivity contribution in [2.75, 3.05) is 13.2 Å². The zero-order valence-electron chi connectivity index (χ0n) is 10.9. The molecule has 0 spiro atoms. The smallest absolute Gasteiger partial charge is 0.272 e. The Kier molecular flexibility index (Phi) is 5.25. The van der Waals surface area contributed by atoms with Crippen LogP contribution in [0.25, 0.3) is 0 Å². The number of ether oxygens (including phenoxy) is 1. The third-order valence-corrected chi connectivity index (χ3v) is 2.58. The largest absolute Gasteiger partial charge is 0.491 e. The summed E-state index contributed by atoms with van der Waals surface area (Å²) >= 11 is 0. The average Bonchev–Trinajstić information content (AvgIpc) is 2.33. The van der Waals surface area contributed by atoms with Gasteiger partial charge < -0.3 is 15.8 Å². The molecule has 1 aromatic rings. The lowest BCUT2D eigenvalue weighted by Gasteiger charge is -2.15. The van der Waals surface area contributed by atoms with Gasteiger partial charge in [0.1, 0.15) is 18.4 Å². The highest BCUT2D eigenvalue weighted by Gasteiger charge is 2.15. The number of nitro benzene ring substituents is 1. The number of carbonyl (C=O) groups is 1. The maximum Gasteiger partial charge on any atom is 0.272 e. The predicted molar refractivity (Wildman–Crippen MR) is 70.0 cm³/mol. The summed E-state index contributed by atoms with van der Waals surface area (Å²) in [4.78, 5) is 21.3. The minimum atomic E-state index is -0.583. The predicted octanol–water partition coefficient (Wildman–Crippen LogP) is 0.745. The maximum absolute atomic E-state index is 11.1. The Morgan fingerprint density at radius 2 is 2.26 bits per heavy atom. The van der Waals surface area contributed by atoms with Crippen molar-refractivity contribution in [3.8, 4) is 5.75 Å². The van der Waals surface area contributed by atoms with Crippen LogP contribution in [0.2, 0.25) is 0 Å². The molecule has 1 atom stereocenters. The lowest BCUT2D eigenvalue weighted by molar-refractivity contribution is -0.385. The van der Waals surface area contributed by atoms with E-state index in [0.29, 0.717) is 17.9 Å². The molecule has 1 aromatic carbocycles. The first-order chi connectivity index (χ1) is 8.95. The van der Waals surface area contributed by atoms with Crippen molar-refractivity contribution >= 4 is 11.6 Å². The van der Waals surface area contributed by atoms with E-state index in [0.717, 1.165) is 0 Å². The van der Waals surface area contributed by atoms with E-state index in [4.69, 9.17) is 10.5 Å². The van der Waals surface area contributed by atoms with E-state index in [9.17, 15) is 14.9 Å². The van der Waals surface area contributed by atoms with Crippen LogP contribution in [0.3, 0.4) is 0 Å². The van der Waals surface area contributed by atoms with Gasteiger partial charge in [-0.2, -0.15) is 0 Å². The molecule has 0 saturated carbocycles. The Morgan fingerprint density at radius 1 is 1.58 bits per heavy atom. The van der Waals surface area contributed by atoms with Gasteiger partial charge in [0.2, 0.25) is 5.91 Å². The number of nitro groups is 1. The van der Waals surface area contributed by atoms with Gasteiger partial charge >= 0.3 is 0 Å². The van der Waals surface area contributed by atoms with E-state index in [1.807, 2.05) is 6.92 Å². The molecule has 7 nitrogen and oxygen atoms in total. The van der Waals surface area contributed by atoms with Gasteiger partial charge in [-0.15, -0.1) is 0 Å². The molecule has 3 N–H and O–H groups in total. The number of nitrogens with zero attached hydrogens (tertiary/aromatic N) is 1. The van der Waals surface area contributed by atoms with Crippen LogP contribution in [0.4, 0.5) is 5.69 Å². The fourth-order valence-corrected chi connectivity index (χ4v) is 1.59. The SMILES string of the molecule is CCNC(COc1ccc([N+](=O)[O-])c(C)c1)C(N)=O. The molecular weight excluding hydrogens is 250 g/mol. The van der Waals surface area contributed by atoms with Gasteiger partial charge in [0.25, 0.3) is 5.69 Å². The molecule has 0 aliphatic carbocycles. The lowest BCUT2D eigenvalue weighted by Crippen LogP contribution is -2.45. The molecule has 0 radical (unpaired) electrons. The number of amides is 1. The van der Waals surface area contributed by atoms with E-state index in [-0.39, 0.29) is 12.3 Å². The zero-order chi connectivity index (χ0) is 14.4. The normalized spacial score (nSPS) is 11.9. The number of nitrogens with one attached hydrogen (secondary N) is 1. The summed E-state index contributed by atoms with van der Waals surface area (Å²) in [6.07, 6.45) is 0. The minimum absolute atomic E-state index is 0.0329. The second-order valence-electron chi connectivity index (χ2n) is 4.03. The molecule has 0 aliphatic heterocycles. The summed E-state index contributed by atoms with van der Waals surface area (Å²) in [5, 5.41) is 13.6. The molecule has 7 heteroatoms. The quantitative estimate of drug-likeness (QED) is 0.559. The summed E-state index contributed by atoms with van der Waals surface area (Å²) in [5.41, 5.74) is 5.74. The van der Waals surface area contributed by atoms with Gasteiger partial charge in [-0.05, 0) is 25.6 Å². The van der Waals surface area contributed by atoms with Crippen molar-refractivity contribution in [1.82, 2.24) is 5.32 Å². The molecule has 104 valence electrons. The fourth-order valence-electron chi connectivity index (χ4n) is 1.59. The van der Waals surface area contributed by atoms with Crippen molar-refractivity contribution in [1.29, 1.82) is 0 Å². The van der Waals surface area contributed by atoms with Crippen molar-refractivity contribution in [3.05, 3.63) is 33.9 Å². The highest BCUT2D eigenvalue weighted by molar-refractivity contribution is 5.80. The molecular formula is C12H17N3O4. The third-order valence-electron chi connectivity index (χ3n) is 2.58. The molecule has 1 rings (SSSR count). The van der Waals surface area contributed by atoms with Gasteiger partial charge in [0.15, 0.2) is 0 Å². The summed E-state index contributed by atoms with van der Waals surface area (Å²) in [6, 6.07) is 3.84. The zero-order valence-corrected chi connectivity index (χ0v) is 10.9. The van der Waals surface area contributed by atoms with Crippen LogP contribution in [-0.4, -0.2) is 30.0 Å². The van der Waals surface area contributed by atoms with Crippen LogP contribution in [0.1, 0.15) is 12.5 Å². The van der Waals surface area contributed by atoms with Crippen LogP contribution in [0, 0.1) is 17.0 Å².